The van der Waals surface area contributed by atoms with Gasteiger partial charge in [-0.3, -0.25) is 4.79 Å². The molecule has 2 heterocycles. The summed E-state index contributed by atoms with van der Waals surface area (Å²) < 4.78 is 5.33. The van der Waals surface area contributed by atoms with Crippen molar-refractivity contribution in [2.75, 3.05) is 6.54 Å². The van der Waals surface area contributed by atoms with Crippen molar-refractivity contribution in [2.45, 2.75) is 46.0 Å². The molecule has 0 saturated carbocycles. The fourth-order valence-corrected chi connectivity index (χ4v) is 3.15. The largest absolute Gasteiger partial charge is 0.478 e. The van der Waals surface area contributed by atoms with Crippen molar-refractivity contribution in [1.29, 1.82) is 0 Å². The summed E-state index contributed by atoms with van der Waals surface area (Å²) in [4.78, 5) is 27.8. The number of furan rings is 1. The lowest BCUT2D eigenvalue weighted by atomic mass is 9.93. The van der Waals surface area contributed by atoms with Gasteiger partial charge in [0.15, 0.2) is 5.76 Å². The average molecular weight is 350 g/mol. The molecule has 0 aliphatic carbocycles. The maximum absolute atomic E-state index is 12.1. The highest BCUT2D eigenvalue weighted by Crippen LogP contribution is 2.24. The van der Waals surface area contributed by atoms with Crippen LogP contribution in [0, 0.1) is 0 Å². The van der Waals surface area contributed by atoms with Gasteiger partial charge < -0.3 is 14.8 Å². The van der Waals surface area contributed by atoms with E-state index in [-0.39, 0.29) is 16.7 Å². The van der Waals surface area contributed by atoms with E-state index in [9.17, 15) is 9.59 Å². The number of nitrogens with one attached hydrogen (secondary N) is 1. The predicted octanol–water partition coefficient (Wildman–Crippen LogP) is 3.27. The molecule has 1 amide bonds. The molecule has 0 bridgehead atoms. The van der Waals surface area contributed by atoms with Crippen molar-refractivity contribution in [1.82, 2.24) is 10.3 Å². The van der Waals surface area contributed by atoms with Gasteiger partial charge in [-0.15, -0.1) is 11.3 Å². The second-order valence-corrected chi connectivity index (χ2v) is 7.43. The quantitative estimate of drug-likeness (QED) is 0.834. The topological polar surface area (TPSA) is 92.4 Å². The van der Waals surface area contributed by atoms with Crippen LogP contribution in [-0.4, -0.2) is 28.5 Å². The number of amides is 1. The molecule has 0 spiro atoms. The second kappa shape index (κ2) is 7.17. The lowest BCUT2D eigenvalue weighted by molar-refractivity contribution is 0.0694. The van der Waals surface area contributed by atoms with Crippen molar-refractivity contribution in [2.24, 2.45) is 0 Å². The number of carboxylic acid groups (broad SMARTS) is 1. The Hall–Kier alpha value is -2.15. The molecule has 0 radical (unpaired) electrons. The van der Waals surface area contributed by atoms with Crippen LogP contribution in [0.15, 0.2) is 15.9 Å². The third kappa shape index (κ3) is 4.23. The Morgan fingerprint density at radius 2 is 2.08 bits per heavy atom. The van der Waals surface area contributed by atoms with Gasteiger partial charge in [-0.2, -0.15) is 0 Å². The van der Waals surface area contributed by atoms with E-state index in [1.165, 1.54) is 6.07 Å². The first-order valence-electron chi connectivity index (χ1n) is 7.81. The van der Waals surface area contributed by atoms with Gasteiger partial charge in [0, 0.05) is 36.2 Å². The number of aryl methyl sites for hydroxylation is 1. The molecule has 0 atom stereocenters. The Kier molecular flexibility index (Phi) is 5.43. The summed E-state index contributed by atoms with van der Waals surface area (Å²) in [6.07, 6.45) is 1.04. The van der Waals surface area contributed by atoms with Crippen molar-refractivity contribution in [3.05, 3.63) is 39.2 Å². The minimum Gasteiger partial charge on any atom is -0.478 e. The molecule has 0 saturated heterocycles. The molecule has 2 aromatic rings. The molecule has 0 aromatic carbocycles. The van der Waals surface area contributed by atoms with E-state index in [2.05, 4.69) is 31.1 Å². The van der Waals surface area contributed by atoms with Crippen LogP contribution in [0.3, 0.4) is 0 Å². The highest BCUT2D eigenvalue weighted by atomic mass is 32.1. The van der Waals surface area contributed by atoms with Gasteiger partial charge in [0.05, 0.1) is 10.7 Å². The van der Waals surface area contributed by atoms with Crippen LogP contribution in [0.25, 0.3) is 0 Å². The molecule has 130 valence electrons. The van der Waals surface area contributed by atoms with Crippen LogP contribution < -0.4 is 5.32 Å². The number of nitrogens with zero attached hydrogens (tertiary/aromatic N) is 1. The van der Waals surface area contributed by atoms with E-state index in [1.807, 2.05) is 5.38 Å². The summed E-state index contributed by atoms with van der Waals surface area (Å²) in [6, 6.07) is 1.28. The minimum absolute atomic E-state index is 0.00987. The Bertz CT molecular complexity index is 740. The maximum atomic E-state index is 12.1. The second-order valence-electron chi connectivity index (χ2n) is 6.49. The standard InChI is InChI=1S/C17H22N2O4S/c1-5-11-10(16(21)22)8-12(23-11)15(20)18-7-6-14-19-13(9-24-14)17(2,3)4/h8-9H,5-7H2,1-4H3,(H,18,20)(H,21,22). The van der Waals surface area contributed by atoms with Gasteiger partial charge in [-0.05, 0) is 0 Å². The Morgan fingerprint density at radius 3 is 2.58 bits per heavy atom. The van der Waals surface area contributed by atoms with Gasteiger partial charge in [0.2, 0.25) is 0 Å². The van der Waals surface area contributed by atoms with Gasteiger partial charge >= 0.3 is 5.97 Å². The molecule has 6 nitrogen and oxygen atoms in total. The van der Waals surface area contributed by atoms with Gasteiger partial charge in [-0.25, -0.2) is 9.78 Å². The summed E-state index contributed by atoms with van der Waals surface area (Å²) in [6.45, 7) is 8.52. The van der Waals surface area contributed by atoms with Crippen LogP contribution in [0.5, 0.6) is 0 Å². The monoisotopic (exact) mass is 350 g/mol. The van der Waals surface area contributed by atoms with Gasteiger partial charge in [0.25, 0.3) is 5.91 Å². The van der Waals surface area contributed by atoms with Crippen LogP contribution in [0.4, 0.5) is 0 Å². The Morgan fingerprint density at radius 1 is 1.38 bits per heavy atom. The number of carbonyl (C=O) groups is 2. The fraction of sp³-hybridized carbons (Fsp3) is 0.471. The molecule has 24 heavy (non-hydrogen) atoms. The number of thiazole rings is 1. The SMILES string of the molecule is CCc1oc(C(=O)NCCc2nc(C(C)(C)C)cs2)cc1C(=O)O. The van der Waals surface area contributed by atoms with E-state index in [1.54, 1.807) is 18.3 Å². The first-order chi connectivity index (χ1) is 11.2. The number of carbonyl (C=O) groups excluding carboxylic acids is 1. The molecule has 7 heteroatoms. The highest BCUT2D eigenvalue weighted by molar-refractivity contribution is 7.09. The molecule has 0 aliphatic heterocycles. The Balaban J connectivity index is 1.94. The average Bonchev–Trinajstić information content (AvgIpc) is 3.13. The summed E-state index contributed by atoms with van der Waals surface area (Å²) in [7, 11) is 0. The van der Waals surface area contributed by atoms with Crippen molar-refractivity contribution < 1.29 is 19.1 Å². The van der Waals surface area contributed by atoms with E-state index in [0.717, 1.165) is 10.7 Å². The van der Waals surface area contributed by atoms with E-state index >= 15 is 0 Å². The molecule has 0 aliphatic rings. The third-order valence-corrected chi connectivity index (χ3v) is 4.44. The number of aromatic nitrogens is 1. The summed E-state index contributed by atoms with van der Waals surface area (Å²) in [5.41, 5.74) is 1.09. The molecule has 2 rings (SSSR count). The molecule has 2 N–H and O–H groups in total. The maximum Gasteiger partial charge on any atom is 0.339 e. The zero-order chi connectivity index (χ0) is 17.9. The number of hydrogen-bond donors (Lipinski definition) is 2. The highest BCUT2D eigenvalue weighted by Gasteiger charge is 2.20. The zero-order valence-corrected chi connectivity index (χ0v) is 15.1. The number of aromatic carboxylic acids is 1. The van der Waals surface area contributed by atoms with Crippen molar-refractivity contribution in [3.8, 4) is 0 Å². The van der Waals surface area contributed by atoms with Crippen molar-refractivity contribution in [3.63, 3.8) is 0 Å². The van der Waals surface area contributed by atoms with E-state index in [4.69, 9.17) is 9.52 Å². The predicted molar refractivity (Wildman–Crippen MR) is 91.9 cm³/mol. The molecule has 0 fully saturated rings. The van der Waals surface area contributed by atoms with Crippen molar-refractivity contribution >= 4 is 23.2 Å². The van der Waals surface area contributed by atoms with E-state index in [0.29, 0.717) is 25.1 Å². The summed E-state index contributed by atoms with van der Waals surface area (Å²) in [5.74, 6) is -1.17. The first kappa shape index (κ1) is 18.2. The molecule has 0 unspecified atom stereocenters. The van der Waals surface area contributed by atoms with Gasteiger partial charge in [-0.1, -0.05) is 27.7 Å². The molecular weight excluding hydrogens is 328 g/mol. The van der Waals surface area contributed by atoms with E-state index < -0.39 is 11.9 Å². The lowest BCUT2D eigenvalue weighted by Gasteiger charge is -2.14. The number of rotatable bonds is 6. The summed E-state index contributed by atoms with van der Waals surface area (Å²) in [5, 5.41) is 14.8. The van der Waals surface area contributed by atoms with Gasteiger partial charge in [0.1, 0.15) is 11.3 Å². The molecule has 2 aromatic heterocycles. The number of carboxylic acids is 1. The number of hydrogen-bond acceptors (Lipinski definition) is 5. The smallest absolute Gasteiger partial charge is 0.339 e. The molecular formula is C17H22N2O4S. The zero-order valence-electron chi connectivity index (χ0n) is 14.3. The first-order valence-corrected chi connectivity index (χ1v) is 8.69. The van der Waals surface area contributed by atoms with Crippen LogP contribution >= 0.6 is 11.3 Å². The lowest BCUT2D eigenvalue weighted by Crippen LogP contribution is -2.25. The minimum atomic E-state index is -1.09. The van der Waals surface area contributed by atoms with Crippen LogP contribution in [-0.2, 0) is 18.3 Å². The summed E-state index contributed by atoms with van der Waals surface area (Å²) >= 11 is 1.57. The third-order valence-electron chi connectivity index (χ3n) is 3.53. The fourth-order valence-electron chi connectivity index (χ4n) is 2.12. The Labute approximate surface area is 144 Å². The normalized spacial score (nSPS) is 11.5. The van der Waals surface area contributed by atoms with Crippen LogP contribution in [0.1, 0.15) is 65.1 Å². The van der Waals surface area contributed by atoms with Crippen LogP contribution in [0.2, 0.25) is 0 Å².